The molecule has 1 N–H and O–H groups in total. The van der Waals surface area contributed by atoms with Crippen LogP contribution in [0.4, 0.5) is 13.2 Å². The van der Waals surface area contributed by atoms with Crippen LogP contribution in [0.2, 0.25) is 10.0 Å². The summed E-state index contributed by atoms with van der Waals surface area (Å²) in [5.74, 6) is -0.326. The Morgan fingerprint density at radius 3 is 2.56 bits per heavy atom. The summed E-state index contributed by atoms with van der Waals surface area (Å²) in [6, 6.07) is 7.98. The first-order valence-corrected chi connectivity index (χ1v) is 12.7. The Bertz CT molecular complexity index is 1300. The van der Waals surface area contributed by atoms with Crippen molar-refractivity contribution in [2.24, 2.45) is 18.9 Å². The molecule has 194 valence electrons. The van der Waals surface area contributed by atoms with E-state index in [1.165, 1.54) is 12.1 Å². The number of aliphatic carboxylic acids is 1. The van der Waals surface area contributed by atoms with Gasteiger partial charge >= 0.3 is 12.1 Å². The maximum atomic E-state index is 13.4. The van der Waals surface area contributed by atoms with Crippen molar-refractivity contribution in [1.82, 2.24) is 9.47 Å². The minimum atomic E-state index is -4.41. The van der Waals surface area contributed by atoms with Crippen molar-refractivity contribution in [1.29, 1.82) is 0 Å². The number of fused-ring (bicyclic) bond motifs is 1. The van der Waals surface area contributed by atoms with Gasteiger partial charge in [-0.1, -0.05) is 36.2 Å². The molecule has 2 unspecified atom stereocenters. The highest BCUT2D eigenvalue weighted by Crippen LogP contribution is 2.37. The van der Waals surface area contributed by atoms with Gasteiger partial charge in [-0.05, 0) is 72.7 Å². The number of piperidine rings is 1. The van der Waals surface area contributed by atoms with Crippen molar-refractivity contribution in [3.63, 3.8) is 0 Å². The van der Waals surface area contributed by atoms with Crippen LogP contribution >= 0.6 is 23.2 Å². The van der Waals surface area contributed by atoms with Crippen LogP contribution in [0.15, 0.2) is 30.3 Å². The van der Waals surface area contributed by atoms with Crippen LogP contribution in [0.5, 0.6) is 0 Å². The molecule has 0 radical (unpaired) electrons. The highest BCUT2D eigenvalue weighted by Gasteiger charge is 2.32. The molecule has 1 aromatic heterocycles. The van der Waals surface area contributed by atoms with Gasteiger partial charge in [-0.3, -0.25) is 9.69 Å². The zero-order chi connectivity index (χ0) is 26.4. The molecule has 2 aromatic carbocycles. The van der Waals surface area contributed by atoms with E-state index in [9.17, 15) is 18.0 Å². The second-order valence-electron chi connectivity index (χ2n) is 9.95. The Balaban J connectivity index is 1.59. The second-order valence-corrected chi connectivity index (χ2v) is 10.7. The van der Waals surface area contributed by atoms with Gasteiger partial charge in [0.25, 0.3) is 0 Å². The van der Waals surface area contributed by atoms with Crippen LogP contribution in [0.1, 0.15) is 47.7 Å². The summed E-state index contributed by atoms with van der Waals surface area (Å²) in [4.78, 5) is 13.4. The molecule has 0 saturated carbocycles. The van der Waals surface area contributed by atoms with E-state index in [1.54, 1.807) is 18.5 Å². The number of aromatic nitrogens is 1. The van der Waals surface area contributed by atoms with Gasteiger partial charge in [0.2, 0.25) is 0 Å². The summed E-state index contributed by atoms with van der Waals surface area (Å²) in [5.41, 5.74) is 2.89. The van der Waals surface area contributed by atoms with Crippen molar-refractivity contribution >= 4 is 40.1 Å². The summed E-state index contributed by atoms with van der Waals surface area (Å²) in [5, 5.41) is 11.0. The number of hydrogen-bond donors (Lipinski definition) is 1. The number of hydrogen-bond acceptors (Lipinski definition) is 2. The minimum Gasteiger partial charge on any atom is -0.481 e. The Labute approximate surface area is 218 Å². The van der Waals surface area contributed by atoms with Crippen molar-refractivity contribution in [3.8, 4) is 0 Å². The van der Waals surface area contributed by atoms with Gasteiger partial charge in [0.1, 0.15) is 0 Å². The van der Waals surface area contributed by atoms with Crippen molar-refractivity contribution in [2.75, 3.05) is 13.1 Å². The van der Waals surface area contributed by atoms with E-state index in [1.807, 2.05) is 18.2 Å². The fraction of sp³-hybridized carbons (Fsp3) is 0.444. The molecule has 2 heterocycles. The third-order valence-electron chi connectivity index (χ3n) is 7.42. The lowest BCUT2D eigenvalue weighted by molar-refractivity contribution is -0.139. The number of nitrogens with zero attached hydrogens (tertiary/aromatic N) is 2. The largest absolute Gasteiger partial charge is 0.481 e. The standard InChI is InChI=1S/C27H29Cl2F3N2O2/c1-15-8-19(27(30,31)32)10-24-21(15)11-20(33(24)3)12-22-23(28)5-4-18(26(22)29)14-34-7-6-17(9-25(35)36)16(2)13-34/h4-5,8,10-11,16-17H,6-7,9,12-14H2,1-3H3,(H,35,36). The zero-order valence-corrected chi connectivity index (χ0v) is 21.9. The quantitative estimate of drug-likeness (QED) is 0.355. The van der Waals surface area contributed by atoms with E-state index < -0.39 is 17.7 Å². The lowest BCUT2D eigenvalue weighted by Gasteiger charge is -2.36. The Hall–Kier alpha value is -2.22. The van der Waals surface area contributed by atoms with E-state index in [4.69, 9.17) is 28.3 Å². The van der Waals surface area contributed by atoms with E-state index in [2.05, 4.69) is 11.8 Å². The fourth-order valence-corrected chi connectivity index (χ4v) is 5.86. The predicted molar refractivity (Wildman–Crippen MR) is 137 cm³/mol. The number of rotatable bonds is 6. The van der Waals surface area contributed by atoms with Crippen LogP contribution < -0.4 is 0 Å². The number of aryl methyl sites for hydroxylation is 2. The molecule has 3 aromatic rings. The van der Waals surface area contributed by atoms with Gasteiger partial charge in [0.15, 0.2) is 0 Å². The van der Waals surface area contributed by atoms with Crippen molar-refractivity contribution in [2.45, 2.75) is 45.8 Å². The Morgan fingerprint density at radius 2 is 1.92 bits per heavy atom. The molecule has 4 nitrogen and oxygen atoms in total. The second kappa shape index (κ2) is 10.3. The van der Waals surface area contributed by atoms with Gasteiger partial charge in [0, 0.05) is 54.6 Å². The summed E-state index contributed by atoms with van der Waals surface area (Å²) in [6.07, 6.45) is -3.02. The van der Waals surface area contributed by atoms with E-state index in [-0.39, 0.29) is 18.3 Å². The molecule has 0 amide bonds. The number of halogens is 5. The maximum Gasteiger partial charge on any atom is 0.416 e. The Kier molecular flexibility index (Phi) is 7.65. The molecular weight excluding hydrogens is 512 g/mol. The van der Waals surface area contributed by atoms with Gasteiger partial charge in [0.05, 0.1) is 10.6 Å². The summed E-state index contributed by atoms with van der Waals surface area (Å²) < 4.78 is 41.8. The Morgan fingerprint density at radius 1 is 1.19 bits per heavy atom. The molecule has 9 heteroatoms. The molecule has 1 fully saturated rings. The first-order valence-electron chi connectivity index (χ1n) is 11.9. The lowest BCUT2D eigenvalue weighted by atomic mass is 9.84. The smallest absolute Gasteiger partial charge is 0.416 e. The minimum absolute atomic E-state index is 0.169. The fourth-order valence-electron chi connectivity index (χ4n) is 5.30. The molecule has 2 atom stereocenters. The first kappa shape index (κ1) is 26.8. The van der Waals surface area contributed by atoms with Crippen LogP contribution in [0.3, 0.4) is 0 Å². The number of alkyl halides is 3. The summed E-state index contributed by atoms with van der Waals surface area (Å²) in [6.45, 7) is 5.97. The van der Waals surface area contributed by atoms with Gasteiger partial charge < -0.3 is 9.67 Å². The molecule has 1 aliphatic rings. The third-order valence-corrected chi connectivity index (χ3v) is 8.24. The molecule has 0 aliphatic carbocycles. The molecule has 1 saturated heterocycles. The number of carboxylic acid groups (broad SMARTS) is 1. The van der Waals surface area contributed by atoms with E-state index in [0.29, 0.717) is 34.1 Å². The van der Waals surface area contributed by atoms with Crippen molar-refractivity contribution < 1.29 is 23.1 Å². The van der Waals surface area contributed by atoms with Crippen LogP contribution in [-0.4, -0.2) is 33.6 Å². The molecule has 36 heavy (non-hydrogen) atoms. The third kappa shape index (κ3) is 5.53. The summed E-state index contributed by atoms with van der Waals surface area (Å²) >= 11 is 13.4. The van der Waals surface area contributed by atoms with Gasteiger partial charge in [-0.25, -0.2) is 0 Å². The molecular formula is C27H29Cl2F3N2O2. The first-order chi connectivity index (χ1) is 16.8. The van der Waals surface area contributed by atoms with E-state index >= 15 is 0 Å². The number of likely N-dealkylation sites (tertiary alicyclic amines) is 1. The SMILES string of the molecule is Cc1cc(C(F)(F)F)cc2c1cc(Cc1c(Cl)ccc(CN3CCC(CC(=O)O)C(C)C3)c1Cl)n2C. The number of benzene rings is 2. The van der Waals surface area contributed by atoms with Gasteiger partial charge in [-0.15, -0.1) is 0 Å². The molecule has 4 rings (SSSR count). The van der Waals surface area contributed by atoms with Crippen LogP contribution in [0, 0.1) is 18.8 Å². The topological polar surface area (TPSA) is 45.5 Å². The molecule has 0 bridgehead atoms. The lowest BCUT2D eigenvalue weighted by Crippen LogP contribution is -2.39. The van der Waals surface area contributed by atoms with Crippen molar-refractivity contribution in [3.05, 3.63) is 68.3 Å². The van der Waals surface area contributed by atoms with Crippen LogP contribution in [-0.2, 0) is 31.0 Å². The zero-order valence-electron chi connectivity index (χ0n) is 20.4. The average molecular weight is 541 g/mol. The highest BCUT2D eigenvalue weighted by molar-refractivity contribution is 6.36. The number of carboxylic acids is 1. The normalized spacial score (nSPS) is 19.2. The monoisotopic (exact) mass is 540 g/mol. The maximum absolute atomic E-state index is 13.4. The van der Waals surface area contributed by atoms with E-state index in [0.717, 1.165) is 41.7 Å². The average Bonchev–Trinajstić information content (AvgIpc) is 3.10. The number of carbonyl (C=O) groups is 1. The van der Waals surface area contributed by atoms with Gasteiger partial charge in [-0.2, -0.15) is 13.2 Å². The highest BCUT2D eigenvalue weighted by atomic mass is 35.5. The predicted octanol–water partition coefficient (Wildman–Crippen LogP) is 7.34. The molecule has 1 aliphatic heterocycles. The summed E-state index contributed by atoms with van der Waals surface area (Å²) in [7, 11) is 1.76. The molecule has 0 spiro atoms. The van der Waals surface area contributed by atoms with Crippen LogP contribution in [0.25, 0.3) is 10.9 Å².